The lowest BCUT2D eigenvalue weighted by molar-refractivity contribution is 0.158. The molecule has 7 heteroatoms. The molecule has 0 spiro atoms. The average molecular weight is 363 g/mol. The first-order valence-corrected chi connectivity index (χ1v) is 8.57. The van der Waals surface area contributed by atoms with Gasteiger partial charge in [0.05, 0.1) is 16.7 Å². The smallest absolute Gasteiger partial charge is 0.411 e. The number of carbonyl (C=O) groups excluding carboxylic acids is 1. The van der Waals surface area contributed by atoms with E-state index in [1.807, 2.05) is 24.3 Å². The number of nitrogens with zero attached hydrogens (tertiary/aromatic N) is 1. The van der Waals surface area contributed by atoms with Gasteiger partial charge in [-0.1, -0.05) is 41.3 Å². The number of hydrogen-bond donors (Lipinski definition) is 1. The molecule has 0 aliphatic rings. The third-order valence-electron chi connectivity index (χ3n) is 3.36. The molecule has 0 fully saturated rings. The molecule has 124 valence electrons. The predicted molar refractivity (Wildman–Crippen MR) is 97.1 cm³/mol. The van der Waals surface area contributed by atoms with Crippen LogP contribution >= 0.6 is 23.1 Å². The number of carbonyl (C=O) groups is 1. The molecule has 1 N–H and O–H groups in total. The minimum atomic E-state index is -0.541. The van der Waals surface area contributed by atoms with Crippen molar-refractivity contribution in [3.05, 3.63) is 63.9 Å². The minimum absolute atomic E-state index is 0.000945. The van der Waals surface area contributed by atoms with Gasteiger partial charge >= 0.3 is 6.09 Å². The number of aryl methyl sites for hydroxylation is 1. The van der Waals surface area contributed by atoms with Gasteiger partial charge in [-0.05, 0) is 30.3 Å². The summed E-state index contributed by atoms with van der Waals surface area (Å²) in [5.74, 6) is 0. The van der Waals surface area contributed by atoms with Crippen LogP contribution in [0.4, 0.5) is 10.5 Å². The second kappa shape index (κ2) is 7.51. The number of halogens is 1. The molecule has 0 saturated carbocycles. The van der Waals surface area contributed by atoms with E-state index in [1.165, 1.54) is 11.5 Å². The van der Waals surface area contributed by atoms with E-state index >= 15 is 0 Å². The van der Waals surface area contributed by atoms with Crippen molar-refractivity contribution < 1.29 is 9.53 Å². The zero-order chi connectivity index (χ0) is 16.9. The van der Waals surface area contributed by atoms with Crippen LogP contribution in [0, 0.1) is 0 Å². The van der Waals surface area contributed by atoms with Gasteiger partial charge in [-0.15, -0.1) is 0 Å². The Hall–Kier alpha value is -2.31. The maximum absolute atomic E-state index is 12.2. The number of rotatable bonds is 5. The number of nitrogens with one attached hydrogen (secondary N) is 1. The summed E-state index contributed by atoms with van der Waals surface area (Å²) in [6.45, 7) is 0.746. The first-order chi connectivity index (χ1) is 11.6. The van der Waals surface area contributed by atoms with Crippen LogP contribution < -0.4 is 10.9 Å². The summed E-state index contributed by atoms with van der Waals surface area (Å²) < 4.78 is 7.76. The number of fused-ring (bicyclic) bond motifs is 1. The Balaban J connectivity index is 1.49. The van der Waals surface area contributed by atoms with Gasteiger partial charge in [0, 0.05) is 23.7 Å². The van der Waals surface area contributed by atoms with Crippen molar-refractivity contribution in [1.29, 1.82) is 0 Å². The molecular weight excluding hydrogens is 348 g/mol. The van der Waals surface area contributed by atoms with Crippen LogP contribution in [0.15, 0.2) is 53.3 Å². The quantitative estimate of drug-likeness (QED) is 0.686. The molecular formula is C17H15ClN2O3S. The average Bonchev–Trinajstić information content (AvgIpc) is 2.88. The highest BCUT2D eigenvalue weighted by atomic mass is 35.5. The van der Waals surface area contributed by atoms with Crippen LogP contribution in [-0.4, -0.2) is 16.7 Å². The molecule has 1 aromatic heterocycles. The summed E-state index contributed by atoms with van der Waals surface area (Å²) in [4.78, 5) is 23.9. The first kappa shape index (κ1) is 16.5. The second-order valence-corrected chi connectivity index (χ2v) is 6.62. The number of hydrogen-bond acceptors (Lipinski definition) is 4. The van der Waals surface area contributed by atoms with Gasteiger partial charge in [0.15, 0.2) is 0 Å². The number of amides is 1. The van der Waals surface area contributed by atoms with Crippen LogP contribution in [0.25, 0.3) is 10.1 Å². The largest absolute Gasteiger partial charge is 0.449 e. The van der Waals surface area contributed by atoms with Crippen molar-refractivity contribution >= 4 is 45.0 Å². The molecule has 5 nitrogen and oxygen atoms in total. The monoisotopic (exact) mass is 362 g/mol. The molecule has 3 rings (SSSR count). The normalized spacial score (nSPS) is 10.7. The summed E-state index contributed by atoms with van der Waals surface area (Å²) in [6.07, 6.45) is 0.0244. The van der Waals surface area contributed by atoms with Gasteiger partial charge in [-0.3, -0.25) is 14.1 Å². The summed E-state index contributed by atoms with van der Waals surface area (Å²) in [6, 6.07) is 14.3. The van der Waals surface area contributed by atoms with Crippen molar-refractivity contribution in [2.45, 2.75) is 13.0 Å². The van der Waals surface area contributed by atoms with Crippen LogP contribution in [-0.2, 0) is 11.3 Å². The van der Waals surface area contributed by atoms with Crippen molar-refractivity contribution in [1.82, 2.24) is 3.96 Å². The SMILES string of the molecule is O=C(Nc1cccc(Cl)c1)OCCCn1sc2ccccc2c1=O. The number of benzene rings is 2. The fourth-order valence-corrected chi connectivity index (χ4v) is 3.48. The molecule has 3 aromatic rings. The Kier molecular flexibility index (Phi) is 5.17. The van der Waals surface area contributed by atoms with Crippen molar-refractivity contribution in [3.8, 4) is 0 Å². The van der Waals surface area contributed by atoms with Gasteiger partial charge in [0.1, 0.15) is 0 Å². The Morgan fingerprint density at radius 3 is 2.83 bits per heavy atom. The Bertz CT molecular complexity index is 919. The fraction of sp³-hybridized carbons (Fsp3) is 0.176. The van der Waals surface area contributed by atoms with E-state index in [0.29, 0.717) is 23.7 Å². The molecule has 0 aliphatic carbocycles. The zero-order valence-corrected chi connectivity index (χ0v) is 14.3. The van der Waals surface area contributed by atoms with Crippen molar-refractivity contribution in [3.63, 3.8) is 0 Å². The summed E-state index contributed by atoms with van der Waals surface area (Å²) in [5.41, 5.74) is 0.576. The highest BCUT2D eigenvalue weighted by Gasteiger charge is 2.07. The van der Waals surface area contributed by atoms with E-state index in [-0.39, 0.29) is 12.2 Å². The molecule has 0 aliphatic heterocycles. The maximum atomic E-state index is 12.2. The van der Waals surface area contributed by atoms with E-state index in [9.17, 15) is 9.59 Å². The van der Waals surface area contributed by atoms with E-state index in [0.717, 1.165) is 10.1 Å². The molecule has 0 saturated heterocycles. The van der Waals surface area contributed by atoms with Crippen molar-refractivity contribution in [2.24, 2.45) is 0 Å². The molecule has 0 atom stereocenters. The highest BCUT2D eigenvalue weighted by molar-refractivity contribution is 7.13. The van der Waals surface area contributed by atoms with Crippen LogP contribution in [0.3, 0.4) is 0 Å². The van der Waals surface area contributed by atoms with Gasteiger partial charge in [0.25, 0.3) is 5.56 Å². The lowest BCUT2D eigenvalue weighted by atomic mass is 10.3. The van der Waals surface area contributed by atoms with E-state index in [1.54, 1.807) is 28.2 Å². The Labute approximate surface area is 147 Å². The van der Waals surface area contributed by atoms with Crippen LogP contribution in [0.2, 0.25) is 5.02 Å². The summed E-state index contributed by atoms with van der Waals surface area (Å²) in [7, 11) is 0. The molecule has 0 unspecified atom stereocenters. The summed E-state index contributed by atoms with van der Waals surface area (Å²) in [5, 5.41) is 3.87. The van der Waals surface area contributed by atoms with E-state index in [4.69, 9.17) is 16.3 Å². The van der Waals surface area contributed by atoms with Gasteiger partial charge < -0.3 is 4.74 Å². The number of anilines is 1. The first-order valence-electron chi connectivity index (χ1n) is 7.42. The molecule has 24 heavy (non-hydrogen) atoms. The third-order valence-corrected chi connectivity index (χ3v) is 4.72. The Morgan fingerprint density at radius 1 is 1.21 bits per heavy atom. The maximum Gasteiger partial charge on any atom is 0.411 e. The third kappa shape index (κ3) is 3.96. The number of ether oxygens (including phenoxy) is 1. The second-order valence-electron chi connectivity index (χ2n) is 5.12. The molecule has 0 bridgehead atoms. The predicted octanol–water partition coefficient (Wildman–Crippen LogP) is 4.36. The highest BCUT2D eigenvalue weighted by Crippen LogP contribution is 2.16. The Morgan fingerprint density at radius 2 is 2.04 bits per heavy atom. The van der Waals surface area contributed by atoms with Gasteiger partial charge in [-0.2, -0.15) is 0 Å². The van der Waals surface area contributed by atoms with Crippen LogP contribution in [0.1, 0.15) is 6.42 Å². The lowest BCUT2D eigenvalue weighted by Gasteiger charge is -2.07. The van der Waals surface area contributed by atoms with Gasteiger partial charge in [0.2, 0.25) is 0 Å². The zero-order valence-electron chi connectivity index (χ0n) is 12.7. The molecule has 1 heterocycles. The van der Waals surface area contributed by atoms with Crippen molar-refractivity contribution in [2.75, 3.05) is 11.9 Å². The molecule has 2 aromatic carbocycles. The van der Waals surface area contributed by atoms with Gasteiger partial charge in [-0.25, -0.2) is 4.79 Å². The fourth-order valence-electron chi connectivity index (χ4n) is 2.26. The van der Waals surface area contributed by atoms with Crippen LogP contribution in [0.5, 0.6) is 0 Å². The summed E-state index contributed by atoms with van der Waals surface area (Å²) >= 11 is 7.27. The molecule has 0 radical (unpaired) electrons. The number of aromatic nitrogens is 1. The lowest BCUT2D eigenvalue weighted by Crippen LogP contribution is -2.17. The topological polar surface area (TPSA) is 60.3 Å². The minimum Gasteiger partial charge on any atom is -0.449 e. The van der Waals surface area contributed by atoms with E-state index < -0.39 is 6.09 Å². The van der Waals surface area contributed by atoms with E-state index in [2.05, 4.69) is 5.32 Å². The standard InChI is InChI=1S/C17H15ClN2O3S/c18-12-5-3-6-13(11-12)19-17(22)23-10-4-9-20-16(21)14-7-1-2-8-15(14)24-20/h1-3,5-8,11H,4,9-10H2,(H,19,22). The molecule has 1 amide bonds.